The predicted molar refractivity (Wildman–Crippen MR) is 58.8 cm³/mol. The van der Waals surface area contributed by atoms with Gasteiger partial charge in [0, 0.05) is 13.1 Å². The lowest BCUT2D eigenvalue weighted by atomic mass is 10.1. The van der Waals surface area contributed by atoms with Crippen LogP contribution in [0.15, 0.2) is 0 Å². The summed E-state index contributed by atoms with van der Waals surface area (Å²) >= 11 is 0. The molecule has 0 spiro atoms. The summed E-state index contributed by atoms with van der Waals surface area (Å²) in [5, 5.41) is 19.0. The number of rotatable bonds is 5. The van der Waals surface area contributed by atoms with Crippen molar-refractivity contribution in [1.29, 1.82) is 0 Å². The van der Waals surface area contributed by atoms with Gasteiger partial charge in [0.1, 0.15) is 11.6 Å². The number of nitrogens with one attached hydrogen (secondary N) is 1. The minimum Gasteiger partial charge on any atom is -0.480 e. The third-order valence-electron chi connectivity index (χ3n) is 1.79. The fourth-order valence-electron chi connectivity index (χ4n) is 0.429. The van der Waals surface area contributed by atoms with Gasteiger partial charge in [0.2, 0.25) is 0 Å². The van der Waals surface area contributed by atoms with E-state index in [-0.39, 0.29) is 13.1 Å². The van der Waals surface area contributed by atoms with E-state index >= 15 is 0 Å². The van der Waals surface area contributed by atoms with Gasteiger partial charge in [-0.1, -0.05) is 0 Å². The van der Waals surface area contributed by atoms with Crippen LogP contribution in [0.5, 0.6) is 0 Å². The number of likely N-dealkylation sites (N-methyl/N-ethyl adjacent to an activating group) is 1. The topological polar surface area (TPSA) is 165 Å². The molecule has 0 saturated heterocycles. The lowest BCUT2D eigenvalue weighted by molar-refractivity contribution is -0.142. The van der Waals surface area contributed by atoms with Crippen molar-refractivity contribution in [3.05, 3.63) is 0 Å². The molecule has 16 heavy (non-hydrogen) atoms. The summed E-state index contributed by atoms with van der Waals surface area (Å²) in [5.41, 5.74) is 13.9. The van der Waals surface area contributed by atoms with E-state index in [0.717, 1.165) is 0 Å². The van der Waals surface area contributed by atoms with E-state index in [2.05, 4.69) is 5.32 Å². The summed E-state index contributed by atoms with van der Waals surface area (Å²) in [6.07, 6.45) is 0. The van der Waals surface area contributed by atoms with E-state index in [1.54, 1.807) is 7.05 Å². The molecule has 0 radical (unpaired) electrons. The van der Waals surface area contributed by atoms with Crippen LogP contribution < -0.4 is 22.5 Å². The van der Waals surface area contributed by atoms with Crippen molar-refractivity contribution in [2.75, 3.05) is 20.1 Å². The highest BCUT2D eigenvalue weighted by molar-refractivity contribution is 5.78. The predicted octanol–water partition coefficient (Wildman–Crippen LogP) is -2.64. The van der Waals surface area contributed by atoms with E-state index in [0.29, 0.717) is 0 Å². The molecule has 0 heterocycles. The molecule has 2 atom stereocenters. The second-order valence-electron chi connectivity index (χ2n) is 3.34. The second-order valence-corrected chi connectivity index (χ2v) is 3.34. The van der Waals surface area contributed by atoms with Crippen LogP contribution in [0.25, 0.3) is 0 Å². The Morgan fingerprint density at radius 3 is 1.81 bits per heavy atom. The van der Waals surface area contributed by atoms with Gasteiger partial charge in [0.05, 0.1) is 0 Å². The van der Waals surface area contributed by atoms with Gasteiger partial charge in [-0.3, -0.25) is 9.59 Å². The van der Waals surface area contributed by atoms with E-state index in [1.807, 2.05) is 0 Å². The Balaban J connectivity index is 0. The van der Waals surface area contributed by atoms with Crippen molar-refractivity contribution in [1.82, 2.24) is 5.32 Å². The van der Waals surface area contributed by atoms with Crippen LogP contribution >= 0.6 is 0 Å². The van der Waals surface area contributed by atoms with Gasteiger partial charge >= 0.3 is 11.9 Å². The molecule has 9 N–H and O–H groups in total. The summed E-state index contributed by atoms with van der Waals surface area (Å²) in [7, 11) is 1.56. The van der Waals surface area contributed by atoms with Gasteiger partial charge in [-0.2, -0.15) is 0 Å². The maximum absolute atomic E-state index is 10.0. The molecule has 0 aromatic rings. The van der Waals surface area contributed by atoms with Crippen LogP contribution in [0.2, 0.25) is 0 Å². The average molecular weight is 236 g/mol. The highest BCUT2D eigenvalue weighted by Crippen LogP contribution is 1.92. The Hall–Kier alpha value is -1.22. The van der Waals surface area contributed by atoms with E-state index in [4.69, 9.17) is 27.4 Å². The quantitative estimate of drug-likeness (QED) is 0.301. The Bertz CT molecular complexity index is 228. The molecule has 0 aliphatic heterocycles. The van der Waals surface area contributed by atoms with Gasteiger partial charge in [0.15, 0.2) is 0 Å². The van der Waals surface area contributed by atoms with Crippen LogP contribution in [-0.2, 0) is 9.59 Å². The fourth-order valence-corrected chi connectivity index (χ4v) is 0.429. The summed E-state index contributed by atoms with van der Waals surface area (Å²) in [6, 6.07) is -0.602. The Morgan fingerprint density at radius 1 is 1.38 bits per heavy atom. The van der Waals surface area contributed by atoms with E-state index in [1.165, 1.54) is 6.92 Å². The molecule has 0 saturated carbocycles. The number of carbonyl (C=O) groups is 2. The third-order valence-corrected chi connectivity index (χ3v) is 1.79. The molecule has 0 aliphatic rings. The monoisotopic (exact) mass is 236 g/mol. The molecule has 8 nitrogen and oxygen atoms in total. The van der Waals surface area contributed by atoms with Crippen molar-refractivity contribution in [3.8, 4) is 0 Å². The minimum absolute atomic E-state index is 0.0394. The molecule has 0 fully saturated rings. The second kappa shape index (κ2) is 7.99. The molecule has 96 valence electrons. The van der Waals surface area contributed by atoms with Crippen LogP contribution in [-0.4, -0.2) is 53.9 Å². The van der Waals surface area contributed by atoms with Gasteiger partial charge in [0.25, 0.3) is 0 Å². The zero-order chi connectivity index (χ0) is 13.4. The van der Waals surface area contributed by atoms with Crippen LogP contribution in [0.3, 0.4) is 0 Å². The highest BCUT2D eigenvalue weighted by Gasteiger charge is 2.24. The van der Waals surface area contributed by atoms with E-state index < -0.39 is 23.5 Å². The van der Waals surface area contributed by atoms with Crippen molar-refractivity contribution in [2.45, 2.75) is 18.5 Å². The minimum atomic E-state index is -1.26. The van der Waals surface area contributed by atoms with E-state index in [9.17, 15) is 9.59 Å². The molecular weight excluding hydrogens is 216 g/mol. The molecule has 0 rings (SSSR count). The first-order valence-electron chi connectivity index (χ1n) is 4.55. The first-order chi connectivity index (χ1) is 7.22. The lowest BCUT2D eigenvalue weighted by Gasteiger charge is -2.14. The molecule has 0 amide bonds. The largest absolute Gasteiger partial charge is 0.480 e. The van der Waals surface area contributed by atoms with Crippen molar-refractivity contribution >= 4 is 11.9 Å². The molecule has 0 aliphatic carbocycles. The molecule has 0 bridgehead atoms. The van der Waals surface area contributed by atoms with Crippen molar-refractivity contribution in [3.63, 3.8) is 0 Å². The number of carboxylic acids is 2. The first kappa shape index (κ1) is 17.2. The highest BCUT2D eigenvalue weighted by atomic mass is 16.4. The normalized spacial score (nSPS) is 15.3. The summed E-state index contributed by atoms with van der Waals surface area (Å²) < 4.78 is 0. The summed E-state index contributed by atoms with van der Waals surface area (Å²) in [4.78, 5) is 20.1. The number of nitrogens with two attached hydrogens (primary N) is 3. The Kier molecular flexibility index (Phi) is 8.58. The van der Waals surface area contributed by atoms with Crippen LogP contribution in [0.4, 0.5) is 0 Å². The standard InChI is InChI=1S/2C4H10N2O2/c1-4(6,2-5)3(7)8;1-6-3(2-5)4(7)8/h2,5-6H2,1H3,(H,7,8);3,6H,2,5H2,1H3,(H,7,8). The van der Waals surface area contributed by atoms with Crippen molar-refractivity contribution in [2.24, 2.45) is 17.2 Å². The zero-order valence-electron chi connectivity index (χ0n) is 9.43. The van der Waals surface area contributed by atoms with Gasteiger partial charge in [-0.15, -0.1) is 0 Å². The Labute approximate surface area is 93.8 Å². The SMILES string of the molecule is CC(N)(CN)C(=O)O.CNC(CN)C(=O)O. The van der Waals surface area contributed by atoms with Crippen molar-refractivity contribution < 1.29 is 19.8 Å². The Morgan fingerprint density at radius 2 is 1.81 bits per heavy atom. The van der Waals surface area contributed by atoms with Crippen LogP contribution in [0, 0.1) is 0 Å². The molecule has 8 heteroatoms. The number of hydrogen-bond donors (Lipinski definition) is 6. The maximum Gasteiger partial charge on any atom is 0.324 e. The molecular formula is C8H20N4O4. The lowest BCUT2D eigenvalue weighted by Crippen LogP contribution is -2.51. The number of hydrogen-bond acceptors (Lipinski definition) is 6. The first-order valence-corrected chi connectivity index (χ1v) is 4.55. The number of carboxylic acid groups (broad SMARTS) is 2. The van der Waals surface area contributed by atoms with Crippen LogP contribution in [0.1, 0.15) is 6.92 Å². The molecule has 2 unspecified atom stereocenters. The third kappa shape index (κ3) is 7.12. The maximum atomic E-state index is 10.0. The van der Waals surface area contributed by atoms with Gasteiger partial charge < -0.3 is 32.7 Å². The molecule has 0 aromatic carbocycles. The van der Waals surface area contributed by atoms with Gasteiger partial charge in [-0.25, -0.2) is 0 Å². The average Bonchev–Trinajstić information content (AvgIpc) is 2.19. The van der Waals surface area contributed by atoms with Gasteiger partial charge in [-0.05, 0) is 14.0 Å². The summed E-state index contributed by atoms with van der Waals surface area (Å²) in [5.74, 6) is -1.98. The number of aliphatic carboxylic acids is 2. The fraction of sp³-hybridized carbons (Fsp3) is 0.750. The summed E-state index contributed by atoms with van der Waals surface area (Å²) in [6.45, 7) is 1.46. The molecule has 0 aromatic heterocycles. The zero-order valence-corrected chi connectivity index (χ0v) is 9.43. The smallest absolute Gasteiger partial charge is 0.324 e.